The number of hydrogen-bond acceptors (Lipinski definition) is 7. The van der Waals surface area contributed by atoms with Gasteiger partial charge < -0.3 is 20.7 Å². The lowest BCUT2D eigenvalue weighted by Crippen LogP contribution is -2.27. The fourth-order valence-corrected chi connectivity index (χ4v) is 3.78. The van der Waals surface area contributed by atoms with Crippen LogP contribution in [-0.4, -0.2) is 39.7 Å². The molecule has 1 aromatic carbocycles. The minimum absolute atomic E-state index is 0.0410. The number of fused-ring (bicyclic) bond motifs is 1. The van der Waals surface area contributed by atoms with E-state index in [9.17, 15) is 18.0 Å². The van der Waals surface area contributed by atoms with Crippen molar-refractivity contribution >= 4 is 28.6 Å². The number of carbonyl (C=O) groups excluding carboxylic acids is 1. The average Bonchev–Trinajstić information content (AvgIpc) is 3.31. The number of ether oxygens (including phenoxy) is 1. The SMILES string of the molecule is CC(C)(C)OC(N)=O.Cc1nc(NCc2cccc(C(F)F)c2F)c2cc(N3CCCC3)ncc2n1. The van der Waals surface area contributed by atoms with Gasteiger partial charge in [0.1, 0.15) is 28.9 Å². The van der Waals surface area contributed by atoms with Gasteiger partial charge in [0, 0.05) is 30.6 Å². The molecule has 0 saturated carbocycles. The van der Waals surface area contributed by atoms with Gasteiger partial charge in [0.2, 0.25) is 0 Å². The summed E-state index contributed by atoms with van der Waals surface area (Å²) in [5.41, 5.74) is 4.51. The summed E-state index contributed by atoms with van der Waals surface area (Å²) >= 11 is 0. The Morgan fingerprint density at radius 3 is 2.50 bits per heavy atom. The van der Waals surface area contributed by atoms with Crippen LogP contribution in [0.15, 0.2) is 30.5 Å². The van der Waals surface area contributed by atoms with E-state index in [0.717, 1.165) is 43.2 Å². The Kier molecular flexibility index (Phi) is 8.54. The van der Waals surface area contributed by atoms with Crippen LogP contribution in [0.4, 0.5) is 29.6 Å². The van der Waals surface area contributed by atoms with E-state index in [2.05, 4.69) is 29.9 Å². The van der Waals surface area contributed by atoms with Gasteiger partial charge in [-0.05, 0) is 46.6 Å². The number of benzene rings is 1. The molecule has 0 aliphatic carbocycles. The Morgan fingerprint density at radius 2 is 1.92 bits per heavy atom. The van der Waals surface area contributed by atoms with Gasteiger partial charge in [0.15, 0.2) is 0 Å². The largest absolute Gasteiger partial charge is 0.444 e. The standard InChI is InChI=1S/C20H20F3N5.C5H11NO2/c1-12-26-16-11-24-17(28-7-2-3-8-28)9-15(16)20(27-12)25-10-13-5-4-6-14(18(13)21)19(22)23;1-5(2,3)8-4(6)7/h4-6,9,11,19H,2-3,7-8,10H2,1H3,(H,25,26,27);1-3H3,(H2,6,7). The van der Waals surface area contributed by atoms with Crippen LogP contribution >= 0.6 is 0 Å². The number of halogens is 3. The first-order valence-electron chi connectivity index (χ1n) is 11.6. The molecule has 0 bridgehead atoms. The number of aromatic nitrogens is 3. The number of pyridine rings is 1. The Balaban J connectivity index is 0.000000392. The molecule has 0 unspecified atom stereocenters. The summed E-state index contributed by atoms with van der Waals surface area (Å²) in [6.07, 6.45) is 0.402. The molecular formula is C25H31F3N6O2. The molecule has 0 radical (unpaired) electrons. The van der Waals surface area contributed by atoms with Crippen molar-refractivity contribution in [3.63, 3.8) is 0 Å². The van der Waals surface area contributed by atoms with Gasteiger partial charge in [-0.25, -0.2) is 32.9 Å². The van der Waals surface area contributed by atoms with Gasteiger partial charge in [0.25, 0.3) is 6.43 Å². The second-order valence-corrected chi connectivity index (χ2v) is 9.38. The number of nitrogens with one attached hydrogen (secondary N) is 1. The van der Waals surface area contributed by atoms with Crippen LogP contribution in [-0.2, 0) is 11.3 Å². The van der Waals surface area contributed by atoms with E-state index in [4.69, 9.17) is 5.73 Å². The quantitative estimate of drug-likeness (QED) is 0.472. The maximum atomic E-state index is 14.3. The zero-order valence-corrected chi connectivity index (χ0v) is 20.8. The number of anilines is 2. The summed E-state index contributed by atoms with van der Waals surface area (Å²) in [6, 6.07) is 5.94. The van der Waals surface area contributed by atoms with Crippen molar-refractivity contribution in [2.45, 2.75) is 59.1 Å². The lowest BCUT2D eigenvalue weighted by molar-refractivity contribution is 0.0600. The van der Waals surface area contributed by atoms with E-state index < -0.39 is 29.5 Å². The number of aryl methyl sites for hydroxylation is 1. The lowest BCUT2D eigenvalue weighted by atomic mass is 10.1. The fourth-order valence-electron chi connectivity index (χ4n) is 3.78. The molecule has 1 aliphatic heterocycles. The maximum absolute atomic E-state index is 14.3. The smallest absolute Gasteiger partial charge is 0.405 e. The zero-order chi connectivity index (χ0) is 26.5. The maximum Gasteiger partial charge on any atom is 0.405 e. The topological polar surface area (TPSA) is 106 Å². The monoisotopic (exact) mass is 504 g/mol. The molecule has 3 heterocycles. The van der Waals surface area contributed by atoms with Crippen molar-refractivity contribution in [1.82, 2.24) is 15.0 Å². The minimum Gasteiger partial charge on any atom is -0.444 e. The molecule has 3 aromatic rings. The molecule has 36 heavy (non-hydrogen) atoms. The van der Waals surface area contributed by atoms with Crippen LogP contribution in [0.2, 0.25) is 0 Å². The number of rotatable bonds is 5. The van der Waals surface area contributed by atoms with Crippen LogP contribution in [0, 0.1) is 12.7 Å². The first-order chi connectivity index (χ1) is 16.9. The van der Waals surface area contributed by atoms with Crippen LogP contribution in [0.1, 0.15) is 57.0 Å². The highest BCUT2D eigenvalue weighted by Crippen LogP contribution is 2.28. The number of primary amides is 1. The van der Waals surface area contributed by atoms with Gasteiger partial charge in [-0.2, -0.15) is 0 Å². The number of amides is 1. The molecule has 0 atom stereocenters. The number of hydrogen-bond donors (Lipinski definition) is 2. The predicted octanol–water partition coefficient (Wildman–Crippen LogP) is 5.50. The normalized spacial score (nSPS) is 13.5. The van der Waals surface area contributed by atoms with Gasteiger partial charge in [-0.15, -0.1) is 0 Å². The molecule has 1 aliphatic rings. The molecule has 1 amide bonds. The summed E-state index contributed by atoms with van der Waals surface area (Å²) < 4.78 is 44.8. The summed E-state index contributed by atoms with van der Waals surface area (Å²) in [6.45, 7) is 9.00. The molecule has 194 valence electrons. The van der Waals surface area contributed by atoms with Crippen molar-refractivity contribution in [2.24, 2.45) is 5.73 Å². The second-order valence-electron chi connectivity index (χ2n) is 9.38. The highest BCUT2D eigenvalue weighted by molar-refractivity contribution is 5.90. The first kappa shape index (κ1) is 27.0. The van der Waals surface area contributed by atoms with Crippen LogP contribution < -0.4 is 16.0 Å². The fraction of sp³-hybridized carbons (Fsp3) is 0.440. The Labute approximate surface area is 208 Å². The van der Waals surface area contributed by atoms with Gasteiger partial charge >= 0.3 is 6.09 Å². The first-order valence-corrected chi connectivity index (χ1v) is 11.6. The van der Waals surface area contributed by atoms with E-state index in [1.807, 2.05) is 6.07 Å². The van der Waals surface area contributed by atoms with Gasteiger partial charge in [0.05, 0.1) is 17.3 Å². The highest BCUT2D eigenvalue weighted by Gasteiger charge is 2.18. The Morgan fingerprint density at radius 1 is 1.22 bits per heavy atom. The highest BCUT2D eigenvalue weighted by atomic mass is 19.3. The summed E-state index contributed by atoms with van der Waals surface area (Å²) in [4.78, 5) is 25.6. The summed E-state index contributed by atoms with van der Waals surface area (Å²) in [5, 5.41) is 3.86. The third-order valence-corrected chi connectivity index (χ3v) is 5.31. The number of carbonyl (C=O) groups is 1. The van der Waals surface area contributed by atoms with E-state index in [-0.39, 0.29) is 12.1 Å². The molecule has 3 N–H and O–H groups in total. The van der Waals surface area contributed by atoms with E-state index >= 15 is 0 Å². The van der Waals surface area contributed by atoms with Crippen LogP contribution in [0.25, 0.3) is 10.9 Å². The number of nitrogens with zero attached hydrogens (tertiary/aromatic N) is 4. The van der Waals surface area contributed by atoms with Crippen LogP contribution in [0.5, 0.6) is 0 Å². The summed E-state index contributed by atoms with van der Waals surface area (Å²) in [7, 11) is 0. The molecular weight excluding hydrogens is 473 g/mol. The molecule has 0 spiro atoms. The molecule has 2 aromatic heterocycles. The van der Waals surface area contributed by atoms with Crippen LogP contribution in [0.3, 0.4) is 0 Å². The van der Waals surface area contributed by atoms with E-state index in [0.29, 0.717) is 17.2 Å². The Hall–Kier alpha value is -3.63. The number of nitrogens with two attached hydrogens (primary N) is 1. The third kappa shape index (κ3) is 7.19. The molecule has 8 nitrogen and oxygen atoms in total. The minimum atomic E-state index is -2.85. The predicted molar refractivity (Wildman–Crippen MR) is 133 cm³/mol. The summed E-state index contributed by atoms with van der Waals surface area (Å²) in [5.74, 6) is 1.05. The Bertz CT molecular complexity index is 1210. The molecule has 4 rings (SSSR count). The zero-order valence-electron chi connectivity index (χ0n) is 20.8. The third-order valence-electron chi connectivity index (χ3n) is 5.31. The van der Waals surface area contributed by atoms with Crippen molar-refractivity contribution in [3.8, 4) is 0 Å². The molecule has 1 saturated heterocycles. The second kappa shape index (κ2) is 11.4. The molecule has 1 fully saturated rings. The van der Waals surface area contributed by atoms with Gasteiger partial charge in [-0.3, -0.25) is 0 Å². The van der Waals surface area contributed by atoms with E-state index in [1.54, 1.807) is 33.9 Å². The number of alkyl halides is 2. The van der Waals surface area contributed by atoms with Gasteiger partial charge in [-0.1, -0.05) is 18.2 Å². The van der Waals surface area contributed by atoms with Crippen molar-refractivity contribution in [2.75, 3.05) is 23.3 Å². The molecule has 11 heteroatoms. The lowest BCUT2D eigenvalue weighted by Gasteiger charge is -2.17. The average molecular weight is 505 g/mol. The van der Waals surface area contributed by atoms with E-state index in [1.165, 1.54) is 12.1 Å². The van der Waals surface area contributed by atoms with Crippen molar-refractivity contribution in [3.05, 3.63) is 53.2 Å². The van der Waals surface area contributed by atoms with Crippen molar-refractivity contribution in [1.29, 1.82) is 0 Å². The van der Waals surface area contributed by atoms with Crippen molar-refractivity contribution < 1.29 is 22.7 Å².